The molecule has 0 aliphatic rings. The van der Waals surface area contributed by atoms with Gasteiger partial charge in [0.05, 0.1) is 20.1 Å². The lowest BCUT2D eigenvalue weighted by molar-refractivity contribution is -0.146. The van der Waals surface area contributed by atoms with E-state index in [0.717, 1.165) is 13.2 Å². The molecular weight excluding hydrogens is 258 g/mol. The smallest absolute Gasteiger partial charge is 0.330 e. The van der Waals surface area contributed by atoms with Crippen LogP contribution in [-0.2, 0) is 20.7 Å². The van der Waals surface area contributed by atoms with E-state index in [2.05, 4.69) is 15.0 Å². The standard InChI is InChI=1S/C10H13N3O6/c1-19-9(17)6(4-14)12-7(15)2-5-3-8(16)13-10(18)11-5/h3,6,14H,2,4H2,1H3,(H,12,15)(H2,11,13,16,18). The van der Waals surface area contributed by atoms with E-state index >= 15 is 0 Å². The zero-order chi connectivity index (χ0) is 14.4. The average molecular weight is 271 g/mol. The number of methoxy groups -OCH3 is 1. The molecule has 1 unspecified atom stereocenters. The van der Waals surface area contributed by atoms with Crippen LogP contribution in [0.2, 0.25) is 0 Å². The molecule has 0 fully saturated rings. The molecule has 4 N–H and O–H groups in total. The molecule has 1 rings (SSSR count). The van der Waals surface area contributed by atoms with Crippen molar-refractivity contribution in [3.05, 3.63) is 32.6 Å². The molecule has 1 amide bonds. The first kappa shape index (κ1) is 14.6. The number of hydrogen-bond donors (Lipinski definition) is 4. The third-order valence-corrected chi connectivity index (χ3v) is 2.17. The molecule has 1 aromatic rings. The molecule has 1 aromatic heterocycles. The Hall–Kier alpha value is -2.42. The molecule has 1 heterocycles. The van der Waals surface area contributed by atoms with E-state index in [1.165, 1.54) is 0 Å². The fourth-order valence-electron chi connectivity index (χ4n) is 1.35. The highest BCUT2D eigenvalue weighted by Gasteiger charge is 2.20. The second kappa shape index (κ2) is 6.50. The number of amides is 1. The van der Waals surface area contributed by atoms with Crippen LogP contribution < -0.4 is 16.6 Å². The lowest BCUT2D eigenvalue weighted by Crippen LogP contribution is -2.44. The largest absolute Gasteiger partial charge is 0.467 e. The summed E-state index contributed by atoms with van der Waals surface area (Å²) in [7, 11) is 1.12. The first-order valence-corrected chi connectivity index (χ1v) is 5.27. The summed E-state index contributed by atoms with van der Waals surface area (Å²) in [5.74, 6) is -1.44. The van der Waals surface area contributed by atoms with Crippen LogP contribution in [0, 0.1) is 0 Å². The third-order valence-electron chi connectivity index (χ3n) is 2.17. The van der Waals surface area contributed by atoms with Crippen LogP contribution in [0.5, 0.6) is 0 Å². The molecule has 104 valence electrons. The van der Waals surface area contributed by atoms with Crippen molar-refractivity contribution < 1.29 is 19.4 Å². The summed E-state index contributed by atoms with van der Waals surface area (Å²) in [5.41, 5.74) is -1.28. The van der Waals surface area contributed by atoms with Crippen molar-refractivity contribution in [2.75, 3.05) is 13.7 Å². The molecule has 0 aliphatic heterocycles. The lowest BCUT2D eigenvalue weighted by atomic mass is 10.2. The molecule has 9 heteroatoms. The summed E-state index contributed by atoms with van der Waals surface area (Å²) in [6.45, 7) is -0.621. The van der Waals surface area contributed by atoms with Crippen LogP contribution in [0.3, 0.4) is 0 Å². The number of carbonyl (C=O) groups excluding carboxylic acids is 2. The molecule has 0 radical (unpaired) electrons. The molecule has 0 saturated heterocycles. The summed E-state index contributed by atoms with van der Waals surface area (Å²) in [6, 6.07) is -0.140. The Morgan fingerprint density at radius 2 is 2.11 bits per heavy atom. The van der Waals surface area contributed by atoms with E-state index in [4.69, 9.17) is 5.11 Å². The topological polar surface area (TPSA) is 141 Å². The molecule has 0 spiro atoms. The van der Waals surface area contributed by atoms with Crippen LogP contribution in [0.15, 0.2) is 15.7 Å². The first-order chi connectivity index (χ1) is 8.96. The number of hydrogen-bond acceptors (Lipinski definition) is 6. The second-order valence-electron chi connectivity index (χ2n) is 3.62. The van der Waals surface area contributed by atoms with Crippen molar-refractivity contribution in [2.24, 2.45) is 0 Å². The summed E-state index contributed by atoms with van der Waals surface area (Å²) in [4.78, 5) is 48.9. The fourth-order valence-corrected chi connectivity index (χ4v) is 1.35. The SMILES string of the molecule is COC(=O)C(CO)NC(=O)Cc1cc(=O)[nH]c(=O)[nH]1. The predicted octanol–water partition coefficient (Wildman–Crippen LogP) is -2.74. The fraction of sp³-hybridized carbons (Fsp3) is 0.400. The number of aromatic amines is 2. The van der Waals surface area contributed by atoms with Crippen LogP contribution in [0.4, 0.5) is 0 Å². The number of ether oxygens (including phenoxy) is 1. The maximum absolute atomic E-state index is 11.6. The van der Waals surface area contributed by atoms with Gasteiger partial charge in [-0.05, 0) is 0 Å². The molecule has 9 nitrogen and oxygen atoms in total. The van der Waals surface area contributed by atoms with E-state index in [-0.39, 0.29) is 12.1 Å². The minimum Gasteiger partial charge on any atom is -0.467 e. The van der Waals surface area contributed by atoms with E-state index in [0.29, 0.717) is 0 Å². The molecular formula is C10H13N3O6. The predicted molar refractivity (Wildman–Crippen MR) is 62.4 cm³/mol. The summed E-state index contributed by atoms with van der Waals surface area (Å²) >= 11 is 0. The highest BCUT2D eigenvalue weighted by atomic mass is 16.5. The maximum atomic E-state index is 11.6. The van der Waals surface area contributed by atoms with Gasteiger partial charge in [0.15, 0.2) is 6.04 Å². The van der Waals surface area contributed by atoms with Crippen molar-refractivity contribution in [2.45, 2.75) is 12.5 Å². The summed E-state index contributed by atoms with van der Waals surface area (Å²) < 4.78 is 4.37. The minimum atomic E-state index is -1.19. The Morgan fingerprint density at radius 3 is 2.63 bits per heavy atom. The van der Waals surface area contributed by atoms with E-state index in [1.807, 2.05) is 4.98 Å². The first-order valence-electron chi connectivity index (χ1n) is 5.27. The number of aliphatic hydroxyl groups excluding tert-OH is 1. The Morgan fingerprint density at radius 1 is 1.42 bits per heavy atom. The Bertz CT molecular complexity index is 547. The van der Waals surface area contributed by atoms with Gasteiger partial charge in [0.25, 0.3) is 5.56 Å². The lowest BCUT2D eigenvalue weighted by Gasteiger charge is -2.13. The van der Waals surface area contributed by atoms with Gasteiger partial charge in [-0.15, -0.1) is 0 Å². The van der Waals surface area contributed by atoms with Crippen molar-refractivity contribution in [1.29, 1.82) is 0 Å². The molecule has 1 atom stereocenters. The molecule has 0 aliphatic carbocycles. The van der Waals surface area contributed by atoms with Crippen molar-refractivity contribution in [1.82, 2.24) is 15.3 Å². The molecule has 0 bridgehead atoms. The monoisotopic (exact) mass is 271 g/mol. The van der Waals surface area contributed by atoms with Crippen molar-refractivity contribution in [3.8, 4) is 0 Å². The molecule has 0 saturated carbocycles. The van der Waals surface area contributed by atoms with Gasteiger partial charge in [0.2, 0.25) is 5.91 Å². The number of nitrogens with one attached hydrogen (secondary N) is 3. The number of aromatic nitrogens is 2. The summed E-state index contributed by atoms with van der Waals surface area (Å²) in [6.07, 6.45) is -0.313. The van der Waals surface area contributed by atoms with E-state index in [1.54, 1.807) is 0 Å². The number of H-pyrrole nitrogens is 2. The average Bonchev–Trinajstić information content (AvgIpc) is 2.33. The van der Waals surface area contributed by atoms with Gasteiger partial charge in [-0.3, -0.25) is 14.6 Å². The minimum absolute atomic E-state index is 0.0906. The van der Waals surface area contributed by atoms with Crippen LogP contribution in [0.25, 0.3) is 0 Å². The van der Waals surface area contributed by atoms with Crippen LogP contribution >= 0.6 is 0 Å². The van der Waals surface area contributed by atoms with Crippen molar-refractivity contribution in [3.63, 3.8) is 0 Å². The number of esters is 1. The quantitative estimate of drug-likeness (QED) is 0.428. The highest BCUT2D eigenvalue weighted by molar-refractivity contribution is 5.85. The van der Waals surface area contributed by atoms with Gasteiger partial charge in [-0.1, -0.05) is 0 Å². The zero-order valence-electron chi connectivity index (χ0n) is 10.1. The highest BCUT2D eigenvalue weighted by Crippen LogP contribution is 1.92. The number of rotatable bonds is 5. The Kier molecular flexibility index (Phi) is 5.01. The third kappa shape index (κ3) is 4.39. The van der Waals surface area contributed by atoms with E-state index in [9.17, 15) is 19.2 Å². The van der Waals surface area contributed by atoms with Crippen molar-refractivity contribution >= 4 is 11.9 Å². The van der Waals surface area contributed by atoms with Gasteiger partial charge in [0.1, 0.15) is 0 Å². The summed E-state index contributed by atoms with van der Waals surface area (Å²) in [5, 5.41) is 11.1. The Balaban J connectivity index is 2.72. The normalized spacial score (nSPS) is 11.7. The Labute approximate surface area is 106 Å². The van der Waals surface area contributed by atoms with Gasteiger partial charge < -0.3 is 20.1 Å². The zero-order valence-corrected chi connectivity index (χ0v) is 10.1. The molecule has 19 heavy (non-hydrogen) atoms. The number of aliphatic hydroxyl groups is 1. The maximum Gasteiger partial charge on any atom is 0.330 e. The van der Waals surface area contributed by atoms with Gasteiger partial charge in [-0.2, -0.15) is 0 Å². The van der Waals surface area contributed by atoms with Gasteiger partial charge in [-0.25, -0.2) is 9.59 Å². The van der Waals surface area contributed by atoms with Gasteiger partial charge in [0, 0.05) is 11.8 Å². The second-order valence-corrected chi connectivity index (χ2v) is 3.62. The molecule has 0 aromatic carbocycles. The van der Waals surface area contributed by atoms with Gasteiger partial charge >= 0.3 is 11.7 Å². The number of carbonyl (C=O) groups is 2. The van der Waals surface area contributed by atoms with Crippen LogP contribution in [-0.4, -0.2) is 46.7 Å². The van der Waals surface area contributed by atoms with Crippen LogP contribution in [0.1, 0.15) is 5.69 Å². The van der Waals surface area contributed by atoms with E-state index < -0.39 is 35.8 Å².